The lowest BCUT2D eigenvalue weighted by molar-refractivity contribution is -0.117. The molecule has 10 heteroatoms. The van der Waals surface area contributed by atoms with E-state index in [1.165, 1.54) is 46.2 Å². The van der Waals surface area contributed by atoms with Crippen LogP contribution in [0.2, 0.25) is 0 Å². The van der Waals surface area contributed by atoms with E-state index in [0.717, 1.165) is 16.7 Å². The summed E-state index contributed by atoms with van der Waals surface area (Å²) in [6.07, 6.45) is 2.99. The van der Waals surface area contributed by atoms with Crippen LogP contribution in [0.1, 0.15) is 28.3 Å². The minimum Gasteiger partial charge on any atom is -0.503 e. The first-order chi connectivity index (χ1) is 22.0. The summed E-state index contributed by atoms with van der Waals surface area (Å²) in [4.78, 5) is 28.5. The Morgan fingerprint density at radius 3 is 2.42 bits per heavy atom. The zero-order valence-corrected chi connectivity index (χ0v) is 25.4. The number of nitrogens with zero attached hydrogens (tertiary/aromatic N) is 3. The normalized spacial score (nSPS) is 14.8. The molecule has 6 rings (SSSR count). The molecule has 5 aromatic rings. The molecule has 0 saturated heterocycles. The van der Waals surface area contributed by atoms with E-state index in [0.29, 0.717) is 28.0 Å². The minimum atomic E-state index is -0.978. The summed E-state index contributed by atoms with van der Waals surface area (Å²) in [5.74, 6) is -1.17. The van der Waals surface area contributed by atoms with Crippen LogP contribution in [0.4, 0.5) is 9.52 Å². The fraction of sp³-hybridized carbons (Fsp3) is 0.0857. The summed E-state index contributed by atoms with van der Waals surface area (Å²) in [7, 11) is 0. The van der Waals surface area contributed by atoms with Crippen LogP contribution in [0.15, 0.2) is 131 Å². The van der Waals surface area contributed by atoms with Gasteiger partial charge in [-0.2, -0.15) is 0 Å². The molecule has 1 atom stereocenters. The maximum Gasteiger partial charge on any atom is 0.296 e. The van der Waals surface area contributed by atoms with Crippen LogP contribution < -0.4 is 9.64 Å². The predicted octanol–water partition coefficient (Wildman–Crippen LogP) is 7.73. The Kier molecular flexibility index (Phi) is 9.14. The van der Waals surface area contributed by atoms with Gasteiger partial charge < -0.3 is 9.84 Å². The number of carbonyl (C=O) groups is 2. The number of aliphatic hydroxyl groups is 1. The van der Waals surface area contributed by atoms with E-state index in [9.17, 15) is 19.1 Å². The SMILES string of the molecule is O=C(C=Cc1ccccc1)C1=C(O)C(=O)N(c2nnc(SCc3ccc(F)cc3)s2)C1c1cccc(OCc2ccccc2)c1. The molecule has 0 bridgehead atoms. The predicted molar refractivity (Wildman–Crippen MR) is 173 cm³/mol. The highest BCUT2D eigenvalue weighted by Crippen LogP contribution is 2.44. The molecule has 7 nitrogen and oxygen atoms in total. The molecule has 1 aliphatic heterocycles. The van der Waals surface area contributed by atoms with Crippen molar-refractivity contribution >= 4 is 46.0 Å². The molecule has 224 valence electrons. The summed E-state index contributed by atoms with van der Waals surface area (Å²) >= 11 is 2.55. The average Bonchev–Trinajstić information content (AvgIpc) is 3.65. The monoisotopic (exact) mass is 635 g/mol. The first-order valence-corrected chi connectivity index (χ1v) is 15.8. The average molecular weight is 636 g/mol. The van der Waals surface area contributed by atoms with Gasteiger partial charge in [0.15, 0.2) is 15.9 Å². The van der Waals surface area contributed by atoms with E-state index in [1.54, 1.807) is 42.5 Å². The Morgan fingerprint density at radius 1 is 0.933 bits per heavy atom. The topological polar surface area (TPSA) is 92.6 Å². The lowest BCUT2D eigenvalue weighted by Crippen LogP contribution is -2.30. The molecule has 0 aliphatic carbocycles. The van der Waals surface area contributed by atoms with Gasteiger partial charge >= 0.3 is 0 Å². The van der Waals surface area contributed by atoms with E-state index >= 15 is 0 Å². The molecule has 1 aromatic heterocycles. The fourth-order valence-electron chi connectivity index (χ4n) is 4.79. The Bertz CT molecular complexity index is 1880. The summed E-state index contributed by atoms with van der Waals surface area (Å²) in [5, 5.41) is 19.9. The number of ether oxygens (including phenoxy) is 1. The standard InChI is InChI=1S/C35H26FN3O4S2/c36-27-17-14-25(15-18-27)22-44-35-38-37-34(45-35)39-31(26-12-7-13-28(20-26)43-21-24-10-5-2-6-11-24)30(32(41)33(39)42)29(40)19-16-23-8-3-1-4-9-23/h1-20,31,41H,21-22H2. The van der Waals surface area contributed by atoms with Crippen molar-refractivity contribution in [3.63, 3.8) is 0 Å². The van der Waals surface area contributed by atoms with Crippen LogP contribution in [0.25, 0.3) is 6.08 Å². The number of benzene rings is 4. The van der Waals surface area contributed by atoms with Crippen LogP contribution in [0.5, 0.6) is 5.75 Å². The molecule has 1 amide bonds. The van der Waals surface area contributed by atoms with Gasteiger partial charge in [-0.05, 0) is 52.6 Å². The van der Waals surface area contributed by atoms with Gasteiger partial charge in [0.1, 0.15) is 18.2 Å². The summed E-state index contributed by atoms with van der Waals surface area (Å²) in [6, 6.07) is 31.3. The van der Waals surface area contributed by atoms with Crippen LogP contribution in [-0.2, 0) is 21.9 Å². The first-order valence-electron chi connectivity index (χ1n) is 14.0. The van der Waals surface area contributed by atoms with Crippen LogP contribution in [0.3, 0.4) is 0 Å². The summed E-state index contributed by atoms with van der Waals surface area (Å²) in [5.41, 5.74) is 3.18. The van der Waals surface area contributed by atoms with Gasteiger partial charge in [0.05, 0.1) is 11.6 Å². The second-order valence-corrected chi connectivity index (χ2v) is 12.2. The Hall–Kier alpha value is -5.06. The molecule has 0 spiro atoms. The summed E-state index contributed by atoms with van der Waals surface area (Å²) < 4.78 is 19.9. The molecular weight excluding hydrogens is 610 g/mol. The Morgan fingerprint density at radius 2 is 1.67 bits per heavy atom. The Labute approximate surface area is 267 Å². The summed E-state index contributed by atoms with van der Waals surface area (Å²) in [6.45, 7) is 0.329. The highest BCUT2D eigenvalue weighted by atomic mass is 32.2. The van der Waals surface area contributed by atoms with Crippen molar-refractivity contribution in [1.82, 2.24) is 10.2 Å². The number of halogens is 1. The molecule has 1 aliphatic rings. The highest BCUT2D eigenvalue weighted by molar-refractivity contribution is 8.00. The molecule has 1 N–H and O–H groups in total. The number of thioether (sulfide) groups is 1. The highest BCUT2D eigenvalue weighted by Gasteiger charge is 2.45. The number of carbonyl (C=O) groups excluding carboxylic acids is 2. The van der Waals surface area contributed by atoms with Gasteiger partial charge in [0.25, 0.3) is 5.91 Å². The third-order valence-corrected chi connectivity index (χ3v) is 9.13. The quantitative estimate of drug-likeness (QED) is 0.0902. The van der Waals surface area contributed by atoms with E-state index in [-0.39, 0.29) is 16.5 Å². The molecule has 0 fully saturated rings. The molecule has 2 heterocycles. The fourth-order valence-corrected chi connectivity index (χ4v) is 6.62. The van der Waals surface area contributed by atoms with Crippen LogP contribution >= 0.6 is 23.1 Å². The molecule has 0 radical (unpaired) electrons. The minimum absolute atomic E-state index is 0.0666. The second kappa shape index (κ2) is 13.7. The molecule has 1 unspecified atom stereocenters. The number of ketones is 1. The van der Waals surface area contributed by atoms with Gasteiger partial charge in [0, 0.05) is 5.75 Å². The van der Waals surface area contributed by atoms with Crippen molar-refractivity contribution in [2.24, 2.45) is 0 Å². The number of allylic oxidation sites excluding steroid dienone is 1. The number of aliphatic hydroxyl groups excluding tert-OH is 1. The number of rotatable bonds is 11. The van der Waals surface area contributed by atoms with Crippen LogP contribution in [0, 0.1) is 5.82 Å². The maximum absolute atomic E-state index is 13.6. The van der Waals surface area contributed by atoms with Crippen molar-refractivity contribution in [1.29, 1.82) is 0 Å². The third kappa shape index (κ3) is 7.03. The van der Waals surface area contributed by atoms with E-state index in [1.807, 2.05) is 60.7 Å². The van der Waals surface area contributed by atoms with Gasteiger partial charge in [-0.3, -0.25) is 14.5 Å². The van der Waals surface area contributed by atoms with Gasteiger partial charge in [-0.15, -0.1) is 10.2 Å². The zero-order valence-electron chi connectivity index (χ0n) is 23.7. The van der Waals surface area contributed by atoms with E-state index < -0.39 is 23.5 Å². The first kappa shape index (κ1) is 30.0. The van der Waals surface area contributed by atoms with Gasteiger partial charge in [0.2, 0.25) is 5.13 Å². The van der Waals surface area contributed by atoms with E-state index in [2.05, 4.69) is 10.2 Å². The second-order valence-electron chi connectivity index (χ2n) is 10.1. The number of anilines is 1. The van der Waals surface area contributed by atoms with Crippen molar-refractivity contribution < 1.29 is 23.8 Å². The lowest BCUT2D eigenvalue weighted by atomic mass is 9.95. The number of amides is 1. The van der Waals surface area contributed by atoms with E-state index in [4.69, 9.17) is 4.74 Å². The lowest BCUT2D eigenvalue weighted by Gasteiger charge is -2.24. The molecular formula is C35H26FN3O4S2. The molecule has 4 aromatic carbocycles. The van der Waals surface area contributed by atoms with Crippen molar-refractivity contribution in [2.45, 2.75) is 22.7 Å². The number of aromatic nitrogens is 2. The maximum atomic E-state index is 13.6. The smallest absolute Gasteiger partial charge is 0.296 e. The molecule has 0 saturated carbocycles. The molecule has 45 heavy (non-hydrogen) atoms. The van der Waals surface area contributed by atoms with Crippen LogP contribution in [-0.4, -0.2) is 27.0 Å². The third-order valence-electron chi connectivity index (χ3n) is 7.00. The van der Waals surface area contributed by atoms with Crippen molar-refractivity contribution in [3.05, 3.63) is 155 Å². The van der Waals surface area contributed by atoms with Crippen molar-refractivity contribution in [3.8, 4) is 5.75 Å². The Balaban J connectivity index is 1.31. The van der Waals surface area contributed by atoms with Gasteiger partial charge in [-0.25, -0.2) is 4.39 Å². The zero-order chi connectivity index (χ0) is 31.2. The number of hydrogen-bond acceptors (Lipinski definition) is 8. The van der Waals surface area contributed by atoms with Gasteiger partial charge in [-0.1, -0.05) is 114 Å². The van der Waals surface area contributed by atoms with Crippen molar-refractivity contribution in [2.75, 3.05) is 4.90 Å². The largest absolute Gasteiger partial charge is 0.503 e. The number of hydrogen-bond donors (Lipinski definition) is 1.